The maximum Gasteiger partial charge on any atom is 0.272 e. The lowest BCUT2D eigenvalue weighted by Gasteiger charge is -2.26. The fourth-order valence-electron chi connectivity index (χ4n) is 4.28. The highest BCUT2D eigenvalue weighted by Crippen LogP contribution is 2.28. The average molecular weight is 552 g/mol. The second-order valence-corrected chi connectivity index (χ2v) is 10.0. The Morgan fingerprint density at radius 2 is 1.76 bits per heavy atom. The van der Waals surface area contributed by atoms with Gasteiger partial charge >= 0.3 is 0 Å². The number of para-hydroxylation sites is 1. The van der Waals surface area contributed by atoms with Gasteiger partial charge in [0.25, 0.3) is 5.91 Å². The van der Waals surface area contributed by atoms with Crippen molar-refractivity contribution in [3.63, 3.8) is 0 Å². The molecular formula is C28H27Cl2N5O3. The largest absolute Gasteiger partial charge is 0.366 e. The van der Waals surface area contributed by atoms with Gasteiger partial charge in [-0.15, -0.1) is 0 Å². The van der Waals surface area contributed by atoms with Crippen molar-refractivity contribution in [2.45, 2.75) is 18.6 Å². The van der Waals surface area contributed by atoms with Gasteiger partial charge in [-0.3, -0.25) is 19.3 Å². The normalized spacial score (nSPS) is 15.9. The van der Waals surface area contributed by atoms with Gasteiger partial charge in [0.1, 0.15) is 0 Å². The predicted octanol–water partition coefficient (Wildman–Crippen LogP) is 3.52. The lowest BCUT2D eigenvalue weighted by Crippen LogP contribution is -2.52. The molecule has 0 aliphatic carbocycles. The minimum Gasteiger partial charge on any atom is -0.366 e. The number of carbonyl (C=O) groups is 3. The van der Waals surface area contributed by atoms with Gasteiger partial charge in [0.2, 0.25) is 18.0 Å². The van der Waals surface area contributed by atoms with E-state index >= 15 is 0 Å². The predicted molar refractivity (Wildman–Crippen MR) is 150 cm³/mol. The van der Waals surface area contributed by atoms with Crippen molar-refractivity contribution in [3.8, 4) is 0 Å². The van der Waals surface area contributed by atoms with E-state index in [1.165, 1.54) is 4.90 Å². The fraction of sp³-hybridized carbons (Fsp3) is 0.214. The van der Waals surface area contributed by atoms with Crippen molar-refractivity contribution < 1.29 is 14.4 Å². The molecular weight excluding hydrogens is 525 g/mol. The number of primary amides is 1. The van der Waals surface area contributed by atoms with Crippen LogP contribution in [-0.4, -0.2) is 61.7 Å². The number of nitrogens with one attached hydrogen (secondary N) is 1. The minimum atomic E-state index is -1.19. The number of hydrogen-bond donors (Lipinski definition) is 2. The molecule has 1 aliphatic rings. The summed E-state index contributed by atoms with van der Waals surface area (Å²) in [5.41, 5.74) is 9.02. The lowest BCUT2D eigenvalue weighted by atomic mass is 9.99. The van der Waals surface area contributed by atoms with Gasteiger partial charge in [-0.2, -0.15) is 0 Å². The highest BCUT2D eigenvalue weighted by atomic mass is 35.5. The summed E-state index contributed by atoms with van der Waals surface area (Å²) in [6, 6.07) is 18.5. The molecule has 3 aromatic rings. The first kappa shape index (κ1) is 27.3. The van der Waals surface area contributed by atoms with Crippen molar-refractivity contribution in [3.05, 3.63) is 99.0 Å². The molecule has 38 heavy (non-hydrogen) atoms. The molecule has 0 bridgehead atoms. The number of hydrogen-bond acceptors (Lipinski definition) is 5. The van der Waals surface area contributed by atoms with Gasteiger partial charge in [0.05, 0.1) is 17.4 Å². The summed E-state index contributed by atoms with van der Waals surface area (Å²) in [5, 5.41) is 3.79. The number of halogens is 2. The van der Waals surface area contributed by atoms with Gasteiger partial charge < -0.3 is 16.0 Å². The topological polar surface area (TPSA) is 108 Å². The zero-order valence-corrected chi connectivity index (χ0v) is 22.6. The SMILES string of the molecule is CN1C(=O)C(NC(=O)[C@H](Cc2ccc(Cl)cc2Cl)N(C)C)N=C(c2ccc(C(N)=O)cc2)c2ccccc21. The van der Waals surface area contributed by atoms with E-state index in [1.54, 1.807) is 68.5 Å². The highest BCUT2D eigenvalue weighted by Gasteiger charge is 2.33. The van der Waals surface area contributed by atoms with E-state index in [0.29, 0.717) is 44.6 Å². The van der Waals surface area contributed by atoms with Crippen LogP contribution in [0.3, 0.4) is 0 Å². The molecule has 1 unspecified atom stereocenters. The lowest BCUT2D eigenvalue weighted by molar-refractivity contribution is -0.130. The maximum absolute atomic E-state index is 13.5. The molecule has 0 spiro atoms. The summed E-state index contributed by atoms with van der Waals surface area (Å²) in [4.78, 5) is 46.5. The van der Waals surface area contributed by atoms with Crippen molar-refractivity contribution >= 4 is 52.3 Å². The molecule has 3 aromatic carbocycles. The van der Waals surface area contributed by atoms with Crippen molar-refractivity contribution in [2.24, 2.45) is 10.7 Å². The van der Waals surface area contributed by atoms with E-state index in [1.807, 2.05) is 24.3 Å². The molecule has 196 valence electrons. The van der Waals surface area contributed by atoms with Crippen LogP contribution < -0.4 is 16.0 Å². The van der Waals surface area contributed by atoms with Crippen LogP contribution in [0.25, 0.3) is 0 Å². The van der Waals surface area contributed by atoms with Crippen LogP contribution in [0.1, 0.15) is 27.0 Å². The number of amides is 3. The van der Waals surface area contributed by atoms with Crippen LogP contribution in [-0.2, 0) is 16.0 Å². The second kappa shape index (κ2) is 11.3. The third-order valence-corrected chi connectivity index (χ3v) is 7.01. The van der Waals surface area contributed by atoms with Gasteiger partial charge in [-0.25, -0.2) is 4.99 Å². The number of benzodiazepines with no additional fused rings is 1. The second-order valence-electron chi connectivity index (χ2n) is 9.16. The highest BCUT2D eigenvalue weighted by molar-refractivity contribution is 6.35. The van der Waals surface area contributed by atoms with E-state index in [0.717, 1.165) is 5.56 Å². The van der Waals surface area contributed by atoms with E-state index < -0.39 is 24.0 Å². The Morgan fingerprint density at radius 1 is 1.08 bits per heavy atom. The summed E-state index contributed by atoms with van der Waals surface area (Å²) < 4.78 is 0. The van der Waals surface area contributed by atoms with Crippen molar-refractivity contribution in [1.82, 2.24) is 10.2 Å². The Labute approximate surface area is 231 Å². The zero-order valence-electron chi connectivity index (χ0n) is 21.1. The third-order valence-electron chi connectivity index (χ3n) is 6.42. The molecule has 1 aliphatic heterocycles. The van der Waals surface area contributed by atoms with E-state index in [2.05, 4.69) is 5.32 Å². The van der Waals surface area contributed by atoms with Gasteiger partial charge in [0, 0.05) is 33.8 Å². The Balaban J connectivity index is 1.70. The first-order valence-electron chi connectivity index (χ1n) is 11.8. The van der Waals surface area contributed by atoms with Crippen LogP contribution in [0.2, 0.25) is 10.0 Å². The van der Waals surface area contributed by atoms with Crippen LogP contribution in [0, 0.1) is 0 Å². The number of nitrogens with zero attached hydrogens (tertiary/aromatic N) is 3. The quantitative estimate of drug-likeness (QED) is 0.468. The smallest absolute Gasteiger partial charge is 0.272 e. The number of nitrogens with two attached hydrogens (primary N) is 1. The fourth-order valence-corrected chi connectivity index (χ4v) is 4.76. The van der Waals surface area contributed by atoms with Gasteiger partial charge in [-0.1, -0.05) is 59.6 Å². The summed E-state index contributed by atoms with van der Waals surface area (Å²) in [7, 11) is 5.20. The Morgan fingerprint density at radius 3 is 2.39 bits per heavy atom. The van der Waals surface area contributed by atoms with Crippen LogP contribution >= 0.6 is 23.2 Å². The molecule has 4 rings (SSSR count). The van der Waals surface area contributed by atoms with Crippen molar-refractivity contribution in [1.29, 1.82) is 0 Å². The molecule has 10 heteroatoms. The van der Waals surface area contributed by atoms with Gasteiger partial charge in [-0.05, 0) is 56.4 Å². The number of rotatable bonds is 7. The van der Waals surface area contributed by atoms with E-state index in [4.69, 9.17) is 33.9 Å². The first-order valence-corrected chi connectivity index (χ1v) is 12.6. The van der Waals surface area contributed by atoms with Crippen LogP contribution in [0.4, 0.5) is 5.69 Å². The van der Waals surface area contributed by atoms with Gasteiger partial charge in [0.15, 0.2) is 0 Å². The molecule has 3 N–H and O–H groups in total. The number of likely N-dealkylation sites (N-methyl/N-ethyl adjacent to an activating group) is 2. The molecule has 3 amide bonds. The number of carbonyl (C=O) groups excluding carboxylic acids is 3. The maximum atomic E-state index is 13.5. The molecule has 1 heterocycles. The van der Waals surface area contributed by atoms with Crippen LogP contribution in [0.15, 0.2) is 71.7 Å². The monoisotopic (exact) mass is 551 g/mol. The molecule has 8 nitrogen and oxygen atoms in total. The number of fused-ring (bicyclic) bond motifs is 1. The Hall–Kier alpha value is -3.72. The van der Waals surface area contributed by atoms with Crippen LogP contribution in [0.5, 0.6) is 0 Å². The Bertz CT molecular complexity index is 1420. The summed E-state index contributed by atoms with van der Waals surface area (Å²) in [5.74, 6) is -1.32. The number of benzene rings is 3. The molecule has 2 atom stereocenters. The summed E-state index contributed by atoms with van der Waals surface area (Å²) >= 11 is 12.4. The standard InChI is InChI=1S/C28H27Cl2N5O3/c1-34(2)23(14-18-12-13-19(29)15-21(18)30)27(37)33-26-28(38)35(3)22-7-5-4-6-20(22)24(32-26)16-8-10-17(11-9-16)25(31)36/h4-13,15,23,26H,14H2,1-3H3,(H2,31,36)(H,33,37)/t23-,26?/m0/s1. The number of aliphatic imine (C=N–C) groups is 1. The zero-order chi connectivity index (χ0) is 27.6. The molecule has 0 radical (unpaired) electrons. The first-order chi connectivity index (χ1) is 18.1. The summed E-state index contributed by atoms with van der Waals surface area (Å²) in [6.07, 6.45) is -0.884. The number of anilines is 1. The minimum absolute atomic E-state index is 0.303. The van der Waals surface area contributed by atoms with E-state index in [9.17, 15) is 14.4 Å². The molecule has 0 saturated carbocycles. The summed E-state index contributed by atoms with van der Waals surface area (Å²) in [6.45, 7) is 0. The average Bonchev–Trinajstić information content (AvgIpc) is 2.98. The van der Waals surface area contributed by atoms with Crippen molar-refractivity contribution in [2.75, 3.05) is 26.0 Å². The van der Waals surface area contributed by atoms with E-state index in [-0.39, 0.29) is 5.91 Å². The molecule has 0 fully saturated rings. The molecule has 0 saturated heterocycles. The molecule has 0 aromatic heterocycles. The Kier molecular flexibility index (Phi) is 8.16. The third kappa shape index (κ3) is 5.72.